The first-order valence-electron chi connectivity index (χ1n) is 9.92. The van der Waals surface area contributed by atoms with Gasteiger partial charge in [-0.05, 0) is 59.4 Å². The third-order valence-corrected chi connectivity index (χ3v) is 6.54. The van der Waals surface area contributed by atoms with Crippen LogP contribution in [0.15, 0.2) is 63.7 Å². The quantitative estimate of drug-likeness (QED) is 0.261. The molecule has 35 heavy (non-hydrogen) atoms. The molecule has 0 saturated carbocycles. The van der Waals surface area contributed by atoms with E-state index in [1.807, 2.05) is 0 Å². The minimum absolute atomic E-state index is 0.0453. The van der Waals surface area contributed by atoms with E-state index in [1.54, 1.807) is 0 Å². The van der Waals surface area contributed by atoms with Gasteiger partial charge in [-0.2, -0.15) is 5.10 Å². The van der Waals surface area contributed by atoms with Gasteiger partial charge in [0, 0.05) is 24.7 Å². The molecule has 1 aromatic heterocycles. The number of aromatic nitrogens is 3. The van der Waals surface area contributed by atoms with E-state index in [2.05, 4.69) is 20.5 Å². The lowest BCUT2D eigenvalue weighted by atomic mass is 10.2. The van der Waals surface area contributed by atoms with E-state index in [4.69, 9.17) is 0 Å². The maximum Gasteiger partial charge on any atom is 0.293 e. The second kappa shape index (κ2) is 10.5. The van der Waals surface area contributed by atoms with Crippen molar-refractivity contribution in [2.75, 3.05) is 13.1 Å². The van der Waals surface area contributed by atoms with Crippen LogP contribution in [-0.2, 0) is 4.79 Å². The molecular formula is C21H15FN6O5S2. The minimum Gasteiger partial charge on any atom is -0.350 e. The van der Waals surface area contributed by atoms with E-state index in [9.17, 15) is 28.9 Å². The van der Waals surface area contributed by atoms with Gasteiger partial charge in [0.15, 0.2) is 5.16 Å². The first-order valence-corrected chi connectivity index (χ1v) is 11.6. The van der Waals surface area contributed by atoms with Crippen LogP contribution in [0, 0.1) is 15.9 Å². The summed E-state index contributed by atoms with van der Waals surface area (Å²) in [6.07, 6.45) is 2.76. The molecule has 0 unspecified atom stereocenters. The van der Waals surface area contributed by atoms with E-state index < -0.39 is 27.8 Å². The van der Waals surface area contributed by atoms with E-state index in [0.29, 0.717) is 10.7 Å². The van der Waals surface area contributed by atoms with Crippen LogP contribution in [0.25, 0.3) is 6.08 Å². The van der Waals surface area contributed by atoms with Gasteiger partial charge in [0.2, 0.25) is 0 Å². The average molecular weight is 515 g/mol. The zero-order valence-corrected chi connectivity index (χ0v) is 19.3. The lowest BCUT2D eigenvalue weighted by Crippen LogP contribution is -2.37. The molecular weight excluding hydrogens is 499 g/mol. The number of imide groups is 1. The Kier molecular flexibility index (Phi) is 7.22. The van der Waals surface area contributed by atoms with Crippen molar-refractivity contribution in [3.8, 4) is 0 Å². The van der Waals surface area contributed by atoms with E-state index >= 15 is 0 Å². The Morgan fingerprint density at radius 1 is 1.26 bits per heavy atom. The Morgan fingerprint density at radius 2 is 2.03 bits per heavy atom. The molecule has 2 aromatic carbocycles. The number of H-pyrrole nitrogens is 1. The molecule has 1 aliphatic rings. The normalized spacial score (nSPS) is 14.5. The molecule has 1 aliphatic heterocycles. The maximum absolute atomic E-state index is 13.1. The predicted octanol–water partition coefficient (Wildman–Crippen LogP) is 3.47. The van der Waals surface area contributed by atoms with Crippen LogP contribution in [0.4, 0.5) is 14.9 Å². The number of nitro groups is 1. The van der Waals surface area contributed by atoms with Gasteiger partial charge in [0.1, 0.15) is 12.1 Å². The highest BCUT2D eigenvalue weighted by Gasteiger charge is 2.34. The van der Waals surface area contributed by atoms with Crippen LogP contribution < -0.4 is 5.32 Å². The molecule has 1 saturated heterocycles. The molecule has 0 aliphatic carbocycles. The predicted molar refractivity (Wildman–Crippen MR) is 125 cm³/mol. The van der Waals surface area contributed by atoms with Crippen molar-refractivity contribution in [3.63, 3.8) is 0 Å². The Balaban J connectivity index is 1.37. The van der Waals surface area contributed by atoms with Crippen LogP contribution in [0.5, 0.6) is 0 Å². The summed E-state index contributed by atoms with van der Waals surface area (Å²) in [7, 11) is 0. The molecule has 0 spiro atoms. The Morgan fingerprint density at radius 3 is 2.71 bits per heavy atom. The second-order valence-electron chi connectivity index (χ2n) is 6.97. The third kappa shape index (κ3) is 5.73. The lowest BCUT2D eigenvalue weighted by Gasteiger charge is -2.13. The number of benzene rings is 2. The van der Waals surface area contributed by atoms with Crippen molar-refractivity contribution in [2.45, 2.75) is 10.1 Å². The van der Waals surface area contributed by atoms with Crippen LogP contribution in [0.3, 0.4) is 0 Å². The van der Waals surface area contributed by atoms with E-state index in [1.165, 1.54) is 48.8 Å². The van der Waals surface area contributed by atoms with Crippen LogP contribution >= 0.6 is 23.5 Å². The van der Waals surface area contributed by atoms with Crippen LogP contribution in [-0.4, -0.2) is 55.1 Å². The molecule has 0 radical (unpaired) electrons. The van der Waals surface area contributed by atoms with Crippen molar-refractivity contribution < 1.29 is 23.7 Å². The Labute approximate surface area is 205 Å². The van der Waals surface area contributed by atoms with Gasteiger partial charge in [-0.15, -0.1) is 0 Å². The summed E-state index contributed by atoms with van der Waals surface area (Å²) in [6, 6.07) is 9.45. The molecule has 0 atom stereocenters. The fourth-order valence-electron chi connectivity index (χ4n) is 3.02. The summed E-state index contributed by atoms with van der Waals surface area (Å²) in [5.74, 6) is -1.54. The number of rotatable bonds is 8. The van der Waals surface area contributed by atoms with Gasteiger partial charge < -0.3 is 5.32 Å². The number of carbonyl (C=O) groups is 3. The molecule has 1 fully saturated rings. The van der Waals surface area contributed by atoms with Gasteiger partial charge in [0.25, 0.3) is 22.7 Å². The number of nitrogens with zero attached hydrogens (tertiary/aromatic N) is 4. The number of halogens is 1. The number of thioether (sulfide) groups is 1. The molecule has 2 heterocycles. The average Bonchev–Trinajstić information content (AvgIpc) is 3.44. The van der Waals surface area contributed by atoms with Crippen molar-refractivity contribution >= 4 is 52.3 Å². The second-order valence-corrected chi connectivity index (χ2v) is 9.00. The van der Waals surface area contributed by atoms with Gasteiger partial charge in [-0.1, -0.05) is 12.1 Å². The molecule has 4 rings (SSSR count). The van der Waals surface area contributed by atoms with Crippen molar-refractivity contribution in [2.24, 2.45) is 0 Å². The summed E-state index contributed by atoms with van der Waals surface area (Å²) in [4.78, 5) is 53.5. The van der Waals surface area contributed by atoms with E-state index in [0.717, 1.165) is 34.5 Å². The topological polar surface area (TPSA) is 151 Å². The molecule has 178 valence electrons. The molecule has 3 aromatic rings. The molecule has 11 nitrogen and oxygen atoms in total. The van der Waals surface area contributed by atoms with Gasteiger partial charge in [-0.25, -0.2) is 9.37 Å². The number of amides is 3. The van der Waals surface area contributed by atoms with Crippen LogP contribution in [0.1, 0.15) is 15.9 Å². The van der Waals surface area contributed by atoms with Crippen molar-refractivity contribution in [1.82, 2.24) is 25.4 Å². The number of carbonyl (C=O) groups excluding carboxylic acids is 3. The zero-order chi connectivity index (χ0) is 24.9. The number of nitro benzene ring substituents is 1. The number of hydrogen-bond donors (Lipinski definition) is 2. The highest BCUT2D eigenvalue weighted by molar-refractivity contribution is 8.18. The van der Waals surface area contributed by atoms with Crippen LogP contribution in [0.2, 0.25) is 0 Å². The summed E-state index contributed by atoms with van der Waals surface area (Å²) in [6.45, 7) is -0.137. The smallest absolute Gasteiger partial charge is 0.293 e. The van der Waals surface area contributed by atoms with Gasteiger partial charge in [-0.3, -0.25) is 34.5 Å². The standard InChI is InChI=1S/C21H15FN6O5S2/c22-14-4-1-12(2-5-14)9-17-19(30)27(21(31)35-17)8-7-23-18(29)13-3-6-16(15(10-13)28(32)33)34-20-24-11-25-26-20/h1-6,9-11H,7-8H2,(H,23,29)(H,24,25,26). The highest BCUT2D eigenvalue weighted by Crippen LogP contribution is 2.34. The number of aromatic amines is 1. The van der Waals surface area contributed by atoms with Gasteiger partial charge in [0.05, 0.1) is 14.7 Å². The first-order chi connectivity index (χ1) is 16.8. The van der Waals surface area contributed by atoms with E-state index in [-0.39, 0.29) is 34.1 Å². The minimum atomic E-state index is -0.608. The fraction of sp³-hybridized carbons (Fsp3) is 0.0952. The monoisotopic (exact) mass is 514 g/mol. The summed E-state index contributed by atoms with van der Waals surface area (Å²) in [5.41, 5.74) is 0.330. The summed E-state index contributed by atoms with van der Waals surface area (Å²) < 4.78 is 13.1. The summed E-state index contributed by atoms with van der Waals surface area (Å²) in [5, 5.41) is 20.2. The van der Waals surface area contributed by atoms with Gasteiger partial charge >= 0.3 is 0 Å². The summed E-state index contributed by atoms with van der Waals surface area (Å²) >= 11 is 1.74. The molecule has 14 heteroatoms. The third-order valence-electron chi connectivity index (χ3n) is 4.68. The number of hydrogen-bond acceptors (Lipinski definition) is 9. The largest absolute Gasteiger partial charge is 0.350 e. The molecule has 3 amide bonds. The lowest BCUT2D eigenvalue weighted by molar-refractivity contribution is -0.387. The van der Waals surface area contributed by atoms with Crippen molar-refractivity contribution in [1.29, 1.82) is 0 Å². The Bertz CT molecular complexity index is 1330. The SMILES string of the molecule is O=C(NCCN1C(=O)SC(=Cc2ccc(F)cc2)C1=O)c1ccc(Sc2ncn[nH]2)c([N+](=O)[O-])c1. The molecule has 0 bridgehead atoms. The van der Waals surface area contributed by atoms with Crippen molar-refractivity contribution in [3.05, 3.63) is 80.8 Å². The zero-order valence-electron chi connectivity index (χ0n) is 17.6. The maximum atomic E-state index is 13.1. The number of nitrogens with one attached hydrogen (secondary N) is 2. The molecule has 2 N–H and O–H groups in total. The fourth-order valence-corrected chi connectivity index (χ4v) is 4.67. The first kappa shape index (κ1) is 24.1. The highest BCUT2D eigenvalue weighted by atomic mass is 32.2. The Hall–Kier alpha value is -4.04.